The molecule has 8 nitrogen and oxygen atoms in total. The molecule has 1 amide bonds. The van der Waals surface area contributed by atoms with Gasteiger partial charge in [-0.15, -0.1) is 0 Å². The highest BCUT2D eigenvalue weighted by Crippen LogP contribution is 2.27. The lowest BCUT2D eigenvalue weighted by Crippen LogP contribution is -2.40. The number of nitro benzene ring substituents is 1. The largest absolute Gasteiger partial charge is 0.445 e. The molecule has 148 valence electrons. The third-order valence-electron chi connectivity index (χ3n) is 4.22. The molecule has 0 aliphatic carbocycles. The van der Waals surface area contributed by atoms with Crippen molar-refractivity contribution in [2.24, 2.45) is 0 Å². The van der Waals surface area contributed by atoms with E-state index in [4.69, 9.17) is 4.74 Å². The van der Waals surface area contributed by atoms with Crippen LogP contribution in [0.4, 0.5) is 25.0 Å². The van der Waals surface area contributed by atoms with Crippen LogP contribution in [-0.4, -0.2) is 42.1 Å². The molecule has 1 fully saturated rings. The van der Waals surface area contributed by atoms with Crippen molar-refractivity contribution in [3.05, 3.63) is 69.8 Å². The lowest BCUT2D eigenvalue weighted by Gasteiger charge is -2.24. The Kier molecular flexibility index (Phi) is 5.99. The van der Waals surface area contributed by atoms with Gasteiger partial charge in [0, 0.05) is 19.6 Å². The van der Waals surface area contributed by atoms with Gasteiger partial charge in [0.1, 0.15) is 12.3 Å². The number of nitrogens with one attached hydrogen (secondary N) is 1. The summed E-state index contributed by atoms with van der Waals surface area (Å²) in [4.78, 5) is 23.5. The zero-order valence-electron chi connectivity index (χ0n) is 14.8. The van der Waals surface area contributed by atoms with Gasteiger partial charge in [0.2, 0.25) is 0 Å². The van der Waals surface area contributed by atoms with Crippen LogP contribution in [-0.2, 0) is 11.3 Å². The predicted octanol–water partition coefficient (Wildman–Crippen LogP) is 2.84. The topological polar surface area (TPSA) is 88.0 Å². The summed E-state index contributed by atoms with van der Waals surface area (Å²) in [6.07, 6.45) is -0.530. The van der Waals surface area contributed by atoms with Crippen LogP contribution in [0.1, 0.15) is 5.56 Å². The fraction of sp³-hybridized carbons (Fsp3) is 0.278. The molecule has 1 N–H and O–H groups in total. The number of ether oxygens (including phenoxy) is 1. The monoisotopic (exact) mass is 392 g/mol. The highest BCUT2D eigenvalue weighted by Gasteiger charge is 2.25. The van der Waals surface area contributed by atoms with Crippen molar-refractivity contribution < 1.29 is 23.2 Å². The van der Waals surface area contributed by atoms with Crippen molar-refractivity contribution >= 4 is 17.5 Å². The van der Waals surface area contributed by atoms with Crippen molar-refractivity contribution in [3.63, 3.8) is 0 Å². The van der Waals surface area contributed by atoms with Gasteiger partial charge < -0.3 is 14.6 Å². The van der Waals surface area contributed by atoms with E-state index >= 15 is 0 Å². The maximum absolute atomic E-state index is 14.2. The van der Waals surface area contributed by atoms with Crippen LogP contribution < -0.4 is 10.4 Å². The SMILES string of the molecule is O=C(OCc1ccccc1)N1CCNN(c2c(F)cc([N+](=O)[O-])cc2F)CC1. The van der Waals surface area contributed by atoms with Gasteiger partial charge in [0.05, 0.1) is 23.6 Å². The minimum Gasteiger partial charge on any atom is -0.445 e. The molecule has 0 aromatic heterocycles. The average Bonchev–Trinajstić information content (AvgIpc) is 2.92. The van der Waals surface area contributed by atoms with Crippen molar-refractivity contribution in [1.82, 2.24) is 10.3 Å². The van der Waals surface area contributed by atoms with Crippen LogP contribution in [0.25, 0.3) is 0 Å². The van der Waals surface area contributed by atoms with E-state index in [1.165, 1.54) is 9.91 Å². The van der Waals surface area contributed by atoms with Gasteiger partial charge in [0.15, 0.2) is 11.6 Å². The molecule has 1 heterocycles. The molecule has 0 unspecified atom stereocenters. The average molecular weight is 392 g/mol. The second kappa shape index (κ2) is 8.61. The molecule has 28 heavy (non-hydrogen) atoms. The number of carbonyl (C=O) groups excluding carboxylic acids is 1. The zero-order valence-corrected chi connectivity index (χ0v) is 14.8. The minimum atomic E-state index is -1.06. The van der Waals surface area contributed by atoms with Crippen molar-refractivity contribution in [3.8, 4) is 0 Å². The lowest BCUT2D eigenvalue weighted by molar-refractivity contribution is -0.385. The van der Waals surface area contributed by atoms with Crippen LogP contribution >= 0.6 is 0 Å². The van der Waals surface area contributed by atoms with E-state index in [-0.39, 0.29) is 32.8 Å². The number of nitrogens with zero attached hydrogens (tertiary/aromatic N) is 3. The lowest BCUT2D eigenvalue weighted by atomic mass is 10.2. The fourth-order valence-corrected chi connectivity index (χ4v) is 2.83. The van der Waals surface area contributed by atoms with E-state index in [1.807, 2.05) is 30.3 Å². The second-order valence-corrected chi connectivity index (χ2v) is 6.10. The second-order valence-electron chi connectivity index (χ2n) is 6.10. The number of non-ortho nitro benzene ring substituents is 1. The van der Waals surface area contributed by atoms with Gasteiger partial charge in [-0.3, -0.25) is 10.1 Å². The van der Waals surface area contributed by atoms with E-state index < -0.39 is 34.0 Å². The number of nitro groups is 1. The molecule has 0 atom stereocenters. The first-order valence-electron chi connectivity index (χ1n) is 8.56. The van der Waals surface area contributed by atoms with E-state index in [1.54, 1.807) is 0 Å². The van der Waals surface area contributed by atoms with Crippen LogP contribution in [0, 0.1) is 21.7 Å². The Hall–Kier alpha value is -3.27. The van der Waals surface area contributed by atoms with Crippen LogP contribution in [0.3, 0.4) is 0 Å². The number of halogens is 2. The number of hydrogen-bond donors (Lipinski definition) is 1. The summed E-state index contributed by atoms with van der Waals surface area (Å²) in [6, 6.07) is 10.5. The molecular formula is C18H18F2N4O4. The molecule has 2 aromatic carbocycles. The van der Waals surface area contributed by atoms with E-state index in [9.17, 15) is 23.7 Å². The Morgan fingerprint density at radius 1 is 1.14 bits per heavy atom. The molecule has 0 radical (unpaired) electrons. The molecule has 0 bridgehead atoms. The first-order chi connectivity index (χ1) is 13.5. The maximum atomic E-state index is 14.2. The first-order valence-corrected chi connectivity index (χ1v) is 8.56. The molecule has 3 rings (SSSR count). The highest BCUT2D eigenvalue weighted by atomic mass is 19.1. The van der Waals surface area contributed by atoms with Gasteiger partial charge in [0.25, 0.3) is 5.69 Å². The Bertz CT molecular complexity index is 843. The Morgan fingerprint density at radius 3 is 2.46 bits per heavy atom. The summed E-state index contributed by atoms with van der Waals surface area (Å²) in [7, 11) is 0. The Labute approximate surface area is 159 Å². The number of hydrogen-bond acceptors (Lipinski definition) is 6. The van der Waals surface area contributed by atoms with Crippen LogP contribution in [0.2, 0.25) is 0 Å². The van der Waals surface area contributed by atoms with Crippen LogP contribution in [0.15, 0.2) is 42.5 Å². The third kappa shape index (κ3) is 4.52. The van der Waals surface area contributed by atoms with E-state index in [0.29, 0.717) is 12.1 Å². The van der Waals surface area contributed by atoms with Gasteiger partial charge in [-0.25, -0.2) is 19.0 Å². The third-order valence-corrected chi connectivity index (χ3v) is 4.22. The van der Waals surface area contributed by atoms with Gasteiger partial charge in [-0.1, -0.05) is 30.3 Å². The smallest absolute Gasteiger partial charge is 0.410 e. The molecule has 0 saturated carbocycles. The normalized spacial score (nSPS) is 14.5. The molecule has 1 aliphatic rings. The van der Waals surface area contributed by atoms with Crippen LogP contribution in [0.5, 0.6) is 0 Å². The number of amides is 1. The summed E-state index contributed by atoms with van der Waals surface area (Å²) in [6.45, 7) is 0.873. The molecule has 1 aliphatic heterocycles. The Morgan fingerprint density at radius 2 is 1.82 bits per heavy atom. The molecule has 2 aromatic rings. The standard InChI is InChI=1S/C18H18F2N4O4/c19-15-10-14(24(26)27)11-16(20)17(15)23-9-8-22(7-6-21-23)18(25)28-12-13-4-2-1-3-5-13/h1-5,10-11,21H,6-9,12H2. The predicted molar refractivity (Wildman–Crippen MR) is 96.6 cm³/mol. The van der Waals surface area contributed by atoms with E-state index in [2.05, 4.69) is 5.43 Å². The van der Waals surface area contributed by atoms with Gasteiger partial charge in [-0.2, -0.15) is 0 Å². The zero-order chi connectivity index (χ0) is 20.1. The van der Waals surface area contributed by atoms with Crippen molar-refractivity contribution in [2.45, 2.75) is 6.61 Å². The summed E-state index contributed by atoms with van der Waals surface area (Å²) >= 11 is 0. The summed E-state index contributed by atoms with van der Waals surface area (Å²) in [5.74, 6) is -2.11. The number of benzene rings is 2. The Balaban J connectivity index is 1.63. The molecule has 0 spiro atoms. The van der Waals surface area contributed by atoms with Crippen molar-refractivity contribution in [2.75, 3.05) is 31.2 Å². The quantitative estimate of drug-likeness (QED) is 0.636. The highest BCUT2D eigenvalue weighted by molar-refractivity contribution is 5.68. The molecule has 10 heteroatoms. The maximum Gasteiger partial charge on any atom is 0.410 e. The fourth-order valence-electron chi connectivity index (χ4n) is 2.83. The summed E-state index contributed by atoms with van der Waals surface area (Å²) < 4.78 is 33.7. The van der Waals surface area contributed by atoms with Gasteiger partial charge >= 0.3 is 6.09 Å². The van der Waals surface area contributed by atoms with Gasteiger partial charge in [-0.05, 0) is 5.56 Å². The number of carbonyl (C=O) groups is 1. The van der Waals surface area contributed by atoms with Crippen molar-refractivity contribution in [1.29, 1.82) is 0 Å². The summed E-state index contributed by atoms with van der Waals surface area (Å²) in [5.41, 5.74) is 2.58. The van der Waals surface area contributed by atoms with E-state index in [0.717, 1.165) is 5.56 Å². The summed E-state index contributed by atoms with van der Waals surface area (Å²) in [5, 5.41) is 11.9. The first kappa shape index (κ1) is 19.5. The number of anilines is 1. The minimum absolute atomic E-state index is 0.0755. The molecular weight excluding hydrogens is 374 g/mol. The number of hydrazine groups is 1. The molecule has 1 saturated heterocycles. The number of rotatable bonds is 4.